The molecule has 0 aliphatic rings. The van der Waals surface area contributed by atoms with Gasteiger partial charge in [0.2, 0.25) is 0 Å². The summed E-state index contributed by atoms with van der Waals surface area (Å²) in [4.78, 5) is 37.7. The van der Waals surface area contributed by atoms with Crippen LogP contribution in [0.15, 0.2) is 48.6 Å². The van der Waals surface area contributed by atoms with E-state index in [0.717, 1.165) is 64.2 Å². The molecule has 362 valence electrons. The summed E-state index contributed by atoms with van der Waals surface area (Å²) in [6.07, 6.45) is 52.9. The van der Waals surface area contributed by atoms with Crippen LogP contribution in [0.25, 0.3) is 0 Å². The Labute approximate surface area is 382 Å². The first-order chi connectivity index (χ1) is 30.0. The number of unbranched alkanes of at least 4 members (excludes halogenated alkanes) is 24. The third kappa shape index (κ3) is 47.4. The lowest BCUT2D eigenvalue weighted by Crippen LogP contribution is -2.37. The lowest BCUT2D eigenvalue weighted by atomic mass is 10.0. The van der Waals surface area contributed by atoms with Gasteiger partial charge in [-0.2, -0.15) is 0 Å². The van der Waals surface area contributed by atoms with E-state index in [1.54, 1.807) is 0 Å². The number of ether oxygens (including phenoxy) is 2. The smallest absolute Gasteiger partial charge is 0.306 e. The maximum atomic E-state index is 12.7. The average molecular weight is 894 g/mol. The molecule has 9 nitrogen and oxygen atoms in total. The number of phosphoric ester groups is 1. The Kier molecular flexibility index (Phi) is 42.7. The zero-order valence-electron chi connectivity index (χ0n) is 40.8. The van der Waals surface area contributed by atoms with E-state index < -0.39 is 32.5 Å². The lowest BCUT2D eigenvalue weighted by molar-refractivity contribution is -0.870. The van der Waals surface area contributed by atoms with Crippen molar-refractivity contribution < 1.29 is 42.1 Å². The number of hydrogen-bond acceptors (Lipinski definition) is 8. The van der Waals surface area contributed by atoms with Crippen molar-refractivity contribution >= 4 is 19.8 Å². The van der Waals surface area contributed by atoms with Gasteiger partial charge in [0.15, 0.2) is 6.10 Å². The summed E-state index contributed by atoms with van der Waals surface area (Å²) in [5, 5.41) is 0. The number of carbonyl (C=O) groups excluding carboxylic acids is 2. The number of allylic oxidation sites excluding steroid dienone is 8. The highest BCUT2D eigenvalue weighted by atomic mass is 31.2. The van der Waals surface area contributed by atoms with E-state index in [1.165, 1.54) is 116 Å². The molecule has 0 aromatic rings. The van der Waals surface area contributed by atoms with Gasteiger partial charge >= 0.3 is 11.9 Å². The van der Waals surface area contributed by atoms with Crippen LogP contribution < -0.4 is 4.89 Å². The number of rotatable bonds is 46. The highest BCUT2D eigenvalue weighted by Gasteiger charge is 2.21. The van der Waals surface area contributed by atoms with E-state index in [2.05, 4.69) is 62.5 Å². The Balaban J connectivity index is 4.28. The highest BCUT2D eigenvalue weighted by Crippen LogP contribution is 2.38. The number of hydrogen-bond donors (Lipinski definition) is 0. The Morgan fingerprint density at radius 3 is 1.35 bits per heavy atom. The van der Waals surface area contributed by atoms with Crippen molar-refractivity contribution in [1.29, 1.82) is 0 Å². The summed E-state index contributed by atoms with van der Waals surface area (Å²) >= 11 is 0. The largest absolute Gasteiger partial charge is 0.756 e. The van der Waals surface area contributed by atoms with Crippen LogP contribution in [0.2, 0.25) is 0 Å². The number of nitrogens with zero attached hydrogens (tertiary/aromatic N) is 1. The molecule has 1 unspecified atom stereocenters. The summed E-state index contributed by atoms with van der Waals surface area (Å²) in [5.74, 6) is -0.864. The van der Waals surface area contributed by atoms with Crippen LogP contribution in [0.1, 0.15) is 219 Å². The second-order valence-corrected chi connectivity index (χ2v) is 19.6. The molecular weight excluding hydrogens is 798 g/mol. The molecule has 0 rings (SSSR count). The van der Waals surface area contributed by atoms with Crippen LogP contribution in [0.3, 0.4) is 0 Å². The van der Waals surface area contributed by atoms with Crippen molar-refractivity contribution in [1.82, 2.24) is 0 Å². The van der Waals surface area contributed by atoms with Gasteiger partial charge in [0.1, 0.15) is 19.8 Å². The van der Waals surface area contributed by atoms with Gasteiger partial charge in [0.05, 0.1) is 27.7 Å². The highest BCUT2D eigenvalue weighted by molar-refractivity contribution is 7.45. The van der Waals surface area contributed by atoms with Crippen LogP contribution in [-0.4, -0.2) is 70.0 Å². The minimum atomic E-state index is -4.64. The predicted molar refractivity (Wildman–Crippen MR) is 259 cm³/mol. The lowest BCUT2D eigenvalue weighted by Gasteiger charge is -2.28. The second kappa shape index (κ2) is 44.2. The first kappa shape index (κ1) is 60.0. The minimum absolute atomic E-state index is 0.0362. The molecule has 62 heavy (non-hydrogen) atoms. The van der Waals surface area contributed by atoms with Gasteiger partial charge in [-0.25, -0.2) is 0 Å². The molecule has 0 bridgehead atoms. The molecule has 0 spiro atoms. The number of likely N-dealkylation sites (N-methyl/N-ethyl adjacent to an activating group) is 1. The molecule has 0 amide bonds. The normalized spacial score (nSPS) is 13.8. The van der Waals surface area contributed by atoms with Gasteiger partial charge in [0.25, 0.3) is 7.82 Å². The standard InChI is InChI=1S/C52H96NO8P/c1-6-8-10-12-14-16-18-20-22-24-25-26-27-29-31-33-35-37-39-41-43-45-52(55)61-50(49-60-62(56,57)59-47-46-53(3,4)5)48-58-51(54)44-42-40-38-36-34-32-30-28-23-21-19-17-15-13-11-9-7-2/h11,13,17,19,23,28,32,34,50H,6-10,12,14-16,18,20-22,24-27,29-31,33,35-49H2,1-5H3/b13-11+,19-17+,28-23+,34-32+/t50-/m1/s1. The summed E-state index contributed by atoms with van der Waals surface area (Å²) in [6, 6.07) is 0. The zero-order chi connectivity index (χ0) is 45.7. The van der Waals surface area contributed by atoms with Gasteiger partial charge in [0, 0.05) is 12.8 Å². The zero-order valence-corrected chi connectivity index (χ0v) is 41.7. The van der Waals surface area contributed by atoms with Crippen molar-refractivity contribution in [3.63, 3.8) is 0 Å². The summed E-state index contributed by atoms with van der Waals surface area (Å²) in [5.41, 5.74) is 0. The molecule has 0 saturated carbocycles. The van der Waals surface area contributed by atoms with E-state index in [0.29, 0.717) is 23.9 Å². The van der Waals surface area contributed by atoms with Gasteiger partial charge in [-0.15, -0.1) is 0 Å². The van der Waals surface area contributed by atoms with Gasteiger partial charge in [-0.3, -0.25) is 14.2 Å². The molecule has 0 radical (unpaired) electrons. The molecule has 0 aromatic heterocycles. The molecule has 2 atom stereocenters. The summed E-state index contributed by atoms with van der Waals surface area (Å²) in [7, 11) is 1.15. The summed E-state index contributed by atoms with van der Waals surface area (Å²) in [6.45, 7) is 4.15. The minimum Gasteiger partial charge on any atom is -0.756 e. The Morgan fingerprint density at radius 2 is 0.903 bits per heavy atom. The van der Waals surface area contributed by atoms with Crippen molar-refractivity contribution in [3.05, 3.63) is 48.6 Å². The molecule has 10 heteroatoms. The molecule has 0 aliphatic heterocycles. The Bertz CT molecular complexity index is 1190. The first-order valence-electron chi connectivity index (χ1n) is 25.3. The van der Waals surface area contributed by atoms with E-state index in [4.69, 9.17) is 18.5 Å². The first-order valence-corrected chi connectivity index (χ1v) is 26.8. The molecule has 0 N–H and O–H groups in total. The molecule has 0 saturated heterocycles. The molecule has 0 heterocycles. The Hall–Kier alpha value is -2.03. The SMILES string of the molecule is CCC/C=C/C/C=C/C/C=C/C/C=C/CCCCCC(=O)OC[C@H](COP(=O)([O-])OCC[N+](C)(C)C)OC(=O)CCCCCCCCCCCCCCCCCCCCCCC. The van der Waals surface area contributed by atoms with Crippen LogP contribution >= 0.6 is 7.82 Å². The third-order valence-electron chi connectivity index (χ3n) is 10.8. The monoisotopic (exact) mass is 894 g/mol. The van der Waals surface area contributed by atoms with Gasteiger partial charge in [-0.05, 0) is 51.4 Å². The fourth-order valence-corrected chi connectivity index (χ4v) is 7.61. The molecule has 0 fully saturated rings. The van der Waals surface area contributed by atoms with E-state index in [-0.39, 0.29) is 26.1 Å². The van der Waals surface area contributed by atoms with Crippen LogP contribution in [0.5, 0.6) is 0 Å². The molecule has 0 aliphatic carbocycles. The fourth-order valence-electron chi connectivity index (χ4n) is 6.88. The molecule has 0 aromatic carbocycles. The van der Waals surface area contributed by atoms with Crippen molar-refractivity contribution in [3.8, 4) is 0 Å². The van der Waals surface area contributed by atoms with E-state index in [9.17, 15) is 19.0 Å². The number of quaternary nitrogens is 1. The number of phosphoric acid groups is 1. The predicted octanol–water partition coefficient (Wildman–Crippen LogP) is 14.4. The molecular formula is C52H96NO8P. The quantitative estimate of drug-likeness (QED) is 0.0195. The van der Waals surface area contributed by atoms with Gasteiger partial charge < -0.3 is 27.9 Å². The van der Waals surface area contributed by atoms with E-state index >= 15 is 0 Å². The Morgan fingerprint density at radius 1 is 0.500 bits per heavy atom. The van der Waals surface area contributed by atoms with Gasteiger partial charge in [-0.1, -0.05) is 204 Å². The maximum absolute atomic E-state index is 12.7. The van der Waals surface area contributed by atoms with Crippen LogP contribution in [0, 0.1) is 0 Å². The van der Waals surface area contributed by atoms with Crippen LogP contribution in [0.4, 0.5) is 0 Å². The fraction of sp³-hybridized carbons (Fsp3) is 0.808. The number of carbonyl (C=O) groups is 2. The average Bonchev–Trinajstić information content (AvgIpc) is 3.23. The summed E-state index contributed by atoms with van der Waals surface area (Å²) < 4.78 is 34.0. The second-order valence-electron chi connectivity index (χ2n) is 18.2. The number of esters is 2. The topological polar surface area (TPSA) is 111 Å². The van der Waals surface area contributed by atoms with Crippen LogP contribution in [-0.2, 0) is 32.7 Å². The third-order valence-corrected chi connectivity index (χ3v) is 11.8. The van der Waals surface area contributed by atoms with Crippen molar-refractivity contribution in [2.45, 2.75) is 225 Å². The van der Waals surface area contributed by atoms with Crippen molar-refractivity contribution in [2.75, 3.05) is 47.5 Å². The maximum Gasteiger partial charge on any atom is 0.306 e. The van der Waals surface area contributed by atoms with Crippen molar-refractivity contribution in [2.24, 2.45) is 0 Å². The van der Waals surface area contributed by atoms with E-state index in [1.807, 2.05) is 21.1 Å².